The minimum absolute atomic E-state index is 0.0726. The maximum Gasteiger partial charge on any atom is 0.242 e. The summed E-state index contributed by atoms with van der Waals surface area (Å²) < 4.78 is 5.72. The monoisotopic (exact) mass is 430 g/mol. The molecule has 0 aromatic heterocycles. The normalized spacial score (nSPS) is 11.6. The van der Waals surface area contributed by atoms with Crippen molar-refractivity contribution in [2.75, 3.05) is 13.2 Å². The van der Waals surface area contributed by atoms with Crippen LogP contribution < -0.4 is 10.1 Å². The molecule has 0 aliphatic heterocycles. The Balaban J connectivity index is 1.96. The van der Waals surface area contributed by atoms with Crippen molar-refractivity contribution >= 4 is 23.4 Å². The van der Waals surface area contributed by atoms with Crippen LogP contribution in [-0.2, 0) is 16.1 Å². The zero-order valence-electron chi connectivity index (χ0n) is 18.0. The summed E-state index contributed by atoms with van der Waals surface area (Å²) in [5.41, 5.74) is 2.10. The zero-order valence-corrected chi connectivity index (χ0v) is 18.7. The Kier molecular flexibility index (Phi) is 9.68. The summed E-state index contributed by atoms with van der Waals surface area (Å²) in [4.78, 5) is 27.1. The summed E-state index contributed by atoms with van der Waals surface area (Å²) in [6.45, 7) is 7.18. The van der Waals surface area contributed by atoms with Crippen molar-refractivity contribution in [2.45, 2.75) is 52.6 Å². The van der Waals surface area contributed by atoms with E-state index in [2.05, 4.69) is 5.32 Å². The Bertz CT molecular complexity index is 806. The van der Waals surface area contributed by atoms with Gasteiger partial charge in [-0.1, -0.05) is 48.4 Å². The number of nitrogens with one attached hydrogen (secondary N) is 1. The van der Waals surface area contributed by atoms with E-state index in [4.69, 9.17) is 16.3 Å². The maximum absolute atomic E-state index is 13.0. The summed E-state index contributed by atoms with van der Waals surface area (Å²) in [7, 11) is 0. The number of halogens is 1. The molecule has 2 aromatic rings. The Morgan fingerprint density at radius 1 is 1.10 bits per heavy atom. The molecular weight excluding hydrogens is 400 g/mol. The lowest BCUT2D eigenvalue weighted by Crippen LogP contribution is -2.47. The zero-order chi connectivity index (χ0) is 21.9. The summed E-state index contributed by atoms with van der Waals surface area (Å²) in [5.74, 6) is 0.574. The number of carbonyl (C=O) groups is 2. The summed E-state index contributed by atoms with van der Waals surface area (Å²) in [6.07, 6.45) is 1.73. The van der Waals surface area contributed by atoms with Crippen LogP contribution in [0.3, 0.4) is 0 Å². The molecule has 162 valence electrons. The number of aryl methyl sites for hydroxylation is 1. The molecule has 0 fully saturated rings. The van der Waals surface area contributed by atoms with Gasteiger partial charge in [0.25, 0.3) is 0 Å². The van der Waals surface area contributed by atoms with E-state index in [1.165, 1.54) is 5.56 Å². The molecule has 0 aliphatic carbocycles. The molecule has 2 amide bonds. The predicted octanol–water partition coefficient (Wildman–Crippen LogP) is 4.75. The van der Waals surface area contributed by atoms with Crippen molar-refractivity contribution in [2.24, 2.45) is 0 Å². The van der Waals surface area contributed by atoms with Gasteiger partial charge in [-0.3, -0.25) is 9.59 Å². The number of hydrogen-bond donors (Lipinski definition) is 1. The highest BCUT2D eigenvalue weighted by Gasteiger charge is 2.25. The minimum Gasteiger partial charge on any atom is -0.494 e. The van der Waals surface area contributed by atoms with Crippen LogP contribution in [0.15, 0.2) is 48.5 Å². The first-order chi connectivity index (χ1) is 14.4. The molecule has 0 bridgehead atoms. The second kappa shape index (κ2) is 12.2. The number of ether oxygens (including phenoxy) is 1. The second-order valence-corrected chi connectivity index (χ2v) is 7.82. The molecule has 2 aromatic carbocycles. The van der Waals surface area contributed by atoms with Crippen molar-refractivity contribution in [1.82, 2.24) is 10.2 Å². The fourth-order valence-electron chi connectivity index (χ4n) is 2.96. The molecule has 2 rings (SSSR count). The van der Waals surface area contributed by atoms with Crippen molar-refractivity contribution in [3.63, 3.8) is 0 Å². The molecule has 1 N–H and O–H groups in total. The maximum atomic E-state index is 13.0. The van der Waals surface area contributed by atoms with Crippen molar-refractivity contribution in [3.05, 3.63) is 64.7 Å². The van der Waals surface area contributed by atoms with Crippen LogP contribution in [0.25, 0.3) is 0 Å². The number of benzene rings is 2. The SMILES string of the molecule is CCCNC(=O)[C@@H](C)N(Cc1ccc(Cl)cc1)C(=O)CCCOc1ccc(C)cc1. The van der Waals surface area contributed by atoms with Gasteiger partial charge in [0.05, 0.1) is 6.61 Å². The summed E-state index contributed by atoms with van der Waals surface area (Å²) in [6, 6.07) is 14.6. The van der Waals surface area contributed by atoms with Crippen LogP contribution >= 0.6 is 11.6 Å². The minimum atomic E-state index is -0.558. The molecule has 0 radical (unpaired) electrons. The smallest absolute Gasteiger partial charge is 0.242 e. The molecule has 0 saturated carbocycles. The third-order valence-electron chi connectivity index (χ3n) is 4.81. The summed E-state index contributed by atoms with van der Waals surface area (Å²) in [5, 5.41) is 3.51. The molecule has 0 spiro atoms. The lowest BCUT2D eigenvalue weighted by molar-refractivity contribution is -0.140. The van der Waals surface area contributed by atoms with Crippen molar-refractivity contribution in [3.8, 4) is 5.75 Å². The van der Waals surface area contributed by atoms with E-state index in [9.17, 15) is 9.59 Å². The number of amides is 2. The van der Waals surface area contributed by atoms with Gasteiger partial charge in [0.15, 0.2) is 0 Å². The molecule has 0 saturated heterocycles. The number of carbonyl (C=O) groups excluding carboxylic acids is 2. The predicted molar refractivity (Wildman–Crippen MR) is 121 cm³/mol. The van der Waals surface area contributed by atoms with Gasteiger partial charge in [-0.2, -0.15) is 0 Å². The molecule has 0 heterocycles. The third kappa shape index (κ3) is 7.71. The lowest BCUT2D eigenvalue weighted by atomic mass is 10.1. The first-order valence-corrected chi connectivity index (χ1v) is 10.8. The van der Waals surface area contributed by atoms with Crippen LogP contribution in [0.4, 0.5) is 0 Å². The number of hydrogen-bond acceptors (Lipinski definition) is 3. The van der Waals surface area contributed by atoms with Crippen molar-refractivity contribution < 1.29 is 14.3 Å². The van der Waals surface area contributed by atoms with Gasteiger partial charge in [0.1, 0.15) is 11.8 Å². The molecular formula is C24H31ClN2O3. The van der Waals surface area contributed by atoms with Crippen LogP contribution in [0, 0.1) is 6.92 Å². The summed E-state index contributed by atoms with van der Waals surface area (Å²) >= 11 is 5.97. The number of nitrogens with zero attached hydrogens (tertiary/aromatic N) is 1. The van der Waals surface area contributed by atoms with E-state index >= 15 is 0 Å². The van der Waals surface area contributed by atoms with Crippen molar-refractivity contribution in [1.29, 1.82) is 0 Å². The molecule has 5 nitrogen and oxygen atoms in total. The Morgan fingerprint density at radius 2 is 1.77 bits per heavy atom. The Hall–Kier alpha value is -2.53. The van der Waals surface area contributed by atoms with Gasteiger partial charge >= 0.3 is 0 Å². The topological polar surface area (TPSA) is 58.6 Å². The van der Waals surface area contributed by atoms with E-state index in [1.807, 2.05) is 50.2 Å². The second-order valence-electron chi connectivity index (χ2n) is 7.38. The van der Waals surface area contributed by atoms with Gasteiger partial charge in [-0.15, -0.1) is 0 Å². The average molecular weight is 431 g/mol. The van der Waals surface area contributed by atoms with Crippen LogP contribution in [-0.4, -0.2) is 35.9 Å². The van der Waals surface area contributed by atoms with Gasteiger partial charge < -0.3 is 15.0 Å². The lowest BCUT2D eigenvalue weighted by Gasteiger charge is -2.29. The van der Waals surface area contributed by atoms with Gasteiger partial charge in [-0.25, -0.2) is 0 Å². The highest BCUT2D eigenvalue weighted by Crippen LogP contribution is 2.16. The van der Waals surface area contributed by atoms with Crippen LogP contribution in [0.5, 0.6) is 5.75 Å². The average Bonchev–Trinajstić information content (AvgIpc) is 2.75. The number of rotatable bonds is 11. The first kappa shape index (κ1) is 23.7. The van der Waals surface area contributed by atoms with E-state index in [1.54, 1.807) is 24.0 Å². The van der Waals surface area contributed by atoms with Gasteiger partial charge in [0.2, 0.25) is 11.8 Å². The Morgan fingerprint density at radius 3 is 2.40 bits per heavy atom. The fourth-order valence-corrected chi connectivity index (χ4v) is 3.08. The molecule has 1 atom stereocenters. The molecule has 6 heteroatoms. The van der Waals surface area contributed by atoms with E-state index in [0.29, 0.717) is 37.6 Å². The van der Waals surface area contributed by atoms with E-state index < -0.39 is 6.04 Å². The van der Waals surface area contributed by atoms with Gasteiger partial charge in [-0.05, 0) is 56.5 Å². The quantitative estimate of drug-likeness (QED) is 0.523. The fraction of sp³-hybridized carbons (Fsp3) is 0.417. The van der Waals surface area contributed by atoms with E-state index in [0.717, 1.165) is 17.7 Å². The van der Waals surface area contributed by atoms with Gasteiger partial charge in [0, 0.05) is 24.5 Å². The first-order valence-electron chi connectivity index (χ1n) is 10.4. The molecule has 0 unspecified atom stereocenters. The highest BCUT2D eigenvalue weighted by molar-refractivity contribution is 6.30. The van der Waals surface area contributed by atoms with Crippen LogP contribution in [0.1, 0.15) is 44.2 Å². The van der Waals surface area contributed by atoms with E-state index in [-0.39, 0.29) is 11.8 Å². The highest BCUT2D eigenvalue weighted by atomic mass is 35.5. The molecule has 0 aliphatic rings. The standard InChI is InChI=1S/C24H31ClN2O3/c1-4-15-26-24(29)19(3)27(17-20-9-11-21(25)12-10-20)23(28)6-5-16-30-22-13-7-18(2)8-14-22/h7-14,19H,4-6,15-17H2,1-3H3,(H,26,29)/t19-/m1/s1. The Labute approximate surface area is 184 Å². The molecule has 30 heavy (non-hydrogen) atoms. The largest absolute Gasteiger partial charge is 0.494 e. The van der Waals surface area contributed by atoms with Crippen LogP contribution in [0.2, 0.25) is 5.02 Å². The third-order valence-corrected chi connectivity index (χ3v) is 5.06.